The summed E-state index contributed by atoms with van der Waals surface area (Å²) in [6.07, 6.45) is 0.526. The van der Waals surface area contributed by atoms with E-state index < -0.39 is 29.3 Å². The average molecular weight is 536 g/mol. The summed E-state index contributed by atoms with van der Waals surface area (Å²) >= 11 is 0. The van der Waals surface area contributed by atoms with Crippen molar-refractivity contribution >= 4 is 17.4 Å². The van der Waals surface area contributed by atoms with Crippen LogP contribution < -0.4 is 15.4 Å². The van der Waals surface area contributed by atoms with Gasteiger partial charge in [-0.3, -0.25) is 9.78 Å². The maximum Gasteiger partial charge on any atom is 0.458 e. The maximum absolute atomic E-state index is 14.3. The number of ether oxygens (including phenoxy) is 1. The number of anilines is 2. The van der Waals surface area contributed by atoms with Crippen molar-refractivity contribution in [2.45, 2.75) is 37.5 Å². The van der Waals surface area contributed by atoms with Crippen molar-refractivity contribution in [2.24, 2.45) is 0 Å². The molecule has 1 saturated heterocycles. The van der Waals surface area contributed by atoms with Gasteiger partial charge in [0.05, 0.1) is 11.1 Å². The molecule has 0 spiro atoms. The number of benzene rings is 1. The maximum atomic E-state index is 14.3. The van der Waals surface area contributed by atoms with Crippen LogP contribution in [0, 0.1) is 0 Å². The minimum absolute atomic E-state index is 0.00422. The zero-order chi connectivity index (χ0) is 27.3. The third kappa shape index (κ3) is 6.18. The first kappa shape index (κ1) is 27.2. The van der Waals surface area contributed by atoms with Gasteiger partial charge in [-0.1, -0.05) is 0 Å². The number of aromatic nitrogens is 2. The highest BCUT2D eigenvalue weighted by atomic mass is 19.4. The molecule has 1 fully saturated rings. The van der Waals surface area contributed by atoms with Crippen LogP contribution in [0.25, 0.3) is 0 Å². The highest BCUT2D eigenvalue weighted by Gasteiger charge is 2.60. The summed E-state index contributed by atoms with van der Waals surface area (Å²) in [7, 11) is 1.83. The van der Waals surface area contributed by atoms with E-state index in [9.17, 15) is 26.7 Å². The number of likely N-dealkylation sites (tertiary alicyclic amines) is 1. The number of carbonyl (C=O) groups excluding carboxylic acids is 1. The Morgan fingerprint density at radius 2 is 1.87 bits per heavy atom. The van der Waals surface area contributed by atoms with E-state index >= 15 is 0 Å². The van der Waals surface area contributed by atoms with Crippen molar-refractivity contribution in [2.75, 3.05) is 30.8 Å². The zero-order valence-electron chi connectivity index (χ0n) is 20.4. The molecule has 1 aliphatic rings. The number of amides is 1. The van der Waals surface area contributed by atoms with Gasteiger partial charge < -0.3 is 20.3 Å². The second-order valence-electron chi connectivity index (χ2n) is 8.93. The number of hydrogen-bond donors (Lipinski definition) is 2. The van der Waals surface area contributed by atoms with E-state index in [-0.39, 0.29) is 29.7 Å². The molecule has 3 heterocycles. The molecule has 7 nitrogen and oxygen atoms in total. The highest BCUT2D eigenvalue weighted by molar-refractivity contribution is 6.07. The smallest absolute Gasteiger partial charge is 0.458 e. The fourth-order valence-corrected chi connectivity index (χ4v) is 4.12. The van der Waals surface area contributed by atoms with Crippen LogP contribution in [0.3, 0.4) is 0 Å². The molecule has 2 N–H and O–H groups in total. The highest BCUT2D eigenvalue weighted by Crippen LogP contribution is 2.47. The molecule has 2 aromatic heterocycles. The Morgan fingerprint density at radius 1 is 1.11 bits per heavy atom. The Hall–Kier alpha value is -3.80. The summed E-state index contributed by atoms with van der Waals surface area (Å²) in [6, 6.07) is 9.12. The lowest BCUT2D eigenvalue weighted by molar-refractivity contribution is -0.289. The quantitative estimate of drug-likeness (QED) is 0.354. The third-order valence-electron chi connectivity index (χ3n) is 6.30. The van der Waals surface area contributed by atoms with Gasteiger partial charge in [0.15, 0.2) is 0 Å². The predicted molar refractivity (Wildman–Crippen MR) is 131 cm³/mol. The number of alkyl halides is 5. The summed E-state index contributed by atoms with van der Waals surface area (Å²) in [4.78, 5) is 23.1. The number of nitrogens with one attached hydrogen (secondary N) is 2. The van der Waals surface area contributed by atoms with Crippen LogP contribution in [0.15, 0.2) is 61.1 Å². The van der Waals surface area contributed by atoms with Crippen molar-refractivity contribution in [1.29, 1.82) is 0 Å². The molecule has 202 valence electrons. The van der Waals surface area contributed by atoms with Gasteiger partial charge in [-0.25, -0.2) is 4.98 Å². The van der Waals surface area contributed by atoms with Crippen molar-refractivity contribution < 1.29 is 31.5 Å². The largest absolute Gasteiger partial charge is 0.491 e. The molecule has 1 amide bonds. The van der Waals surface area contributed by atoms with E-state index in [2.05, 4.69) is 20.6 Å². The van der Waals surface area contributed by atoms with Gasteiger partial charge in [0.25, 0.3) is 5.91 Å². The molecule has 1 aliphatic heterocycles. The first-order valence-electron chi connectivity index (χ1n) is 11.9. The normalized spacial score (nSPS) is 16.3. The Bertz CT molecular complexity index is 1260. The number of halogens is 5. The summed E-state index contributed by atoms with van der Waals surface area (Å²) in [5, 5.41) is 5.60. The van der Waals surface area contributed by atoms with Gasteiger partial charge in [0, 0.05) is 42.9 Å². The van der Waals surface area contributed by atoms with E-state index in [1.165, 1.54) is 12.3 Å². The monoisotopic (exact) mass is 535 g/mol. The SMILES string of the molecule is CN1CCCC1COc1cc(NC(=O)c2cccnc2NCc2ccncc2)ccc1C(F)(F)C(F)(F)F. The molecular formula is C26H26F5N5O2. The average Bonchev–Trinajstić information content (AvgIpc) is 3.30. The van der Waals surface area contributed by atoms with Crippen LogP contribution in [-0.2, 0) is 12.5 Å². The lowest BCUT2D eigenvalue weighted by Gasteiger charge is -2.25. The summed E-state index contributed by atoms with van der Waals surface area (Å²) < 4.78 is 73.7. The van der Waals surface area contributed by atoms with Crippen molar-refractivity contribution in [3.63, 3.8) is 0 Å². The van der Waals surface area contributed by atoms with Crippen LogP contribution in [0.5, 0.6) is 5.75 Å². The van der Waals surface area contributed by atoms with Crippen LogP contribution in [0.1, 0.15) is 34.3 Å². The molecule has 3 aromatic rings. The topological polar surface area (TPSA) is 79.4 Å². The Morgan fingerprint density at radius 3 is 2.55 bits per heavy atom. The fraction of sp³-hybridized carbons (Fsp3) is 0.346. The van der Waals surface area contributed by atoms with Gasteiger partial charge >= 0.3 is 12.1 Å². The lowest BCUT2D eigenvalue weighted by Crippen LogP contribution is -2.35. The Labute approximate surface area is 216 Å². The molecule has 1 unspecified atom stereocenters. The van der Waals surface area contributed by atoms with Crippen molar-refractivity contribution in [3.8, 4) is 5.75 Å². The van der Waals surface area contributed by atoms with E-state index in [4.69, 9.17) is 4.74 Å². The van der Waals surface area contributed by atoms with E-state index in [1.54, 1.807) is 30.6 Å². The number of hydrogen-bond acceptors (Lipinski definition) is 6. The summed E-state index contributed by atoms with van der Waals surface area (Å²) in [6.45, 7) is 1.06. The number of likely N-dealkylation sites (N-methyl/N-ethyl adjacent to an activating group) is 1. The van der Waals surface area contributed by atoms with Gasteiger partial charge in [0.2, 0.25) is 0 Å². The lowest BCUT2D eigenvalue weighted by atomic mass is 10.1. The zero-order valence-corrected chi connectivity index (χ0v) is 20.4. The second kappa shape index (κ2) is 11.3. The molecule has 4 rings (SSSR count). The Balaban J connectivity index is 1.56. The van der Waals surface area contributed by atoms with E-state index in [0.717, 1.165) is 37.1 Å². The number of carbonyl (C=O) groups is 1. The summed E-state index contributed by atoms with van der Waals surface area (Å²) in [5.41, 5.74) is -0.269. The molecule has 0 bridgehead atoms. The Kier molecular flexibility index (Phi) is 8.10. The molecule has 0 aliphatic carbocycles. The third-order valence-corrected chi connectivity index (χ3v) is 6.30. The van der Waals surface area contributed by atoms with Crippen LogP contribution in [-0.4, -0.2) is 53.2 Å². The fourth-order valence-electron chi connectivity index (χ4n) is 4.12. The van der Waals surface area contributed by atoms with Crippen LogP contribution in [0.2, 0.25) is 0 Å². The molecule has 1 aromatic carbocycles. The van der Waals surface area contributed by atoms with Gasteiger partial charge in [-0.05, 0) is 68.4 Å². The molecule has 0 saturated carbocycles. The van der Waals surface area contributed by atoms with Crippen LogP contribution >= 0.6 is 0 Å². The molecule has 0 radical (unpaired) electrons. The van der Waals surface area contributed by atoms with Crippen LogP contribution in [0.4, 0.5) is 33.5 Å². The van der Waals surface area contributed by atoms with E-state index in [1.807, 2.05) is 11.9 Å². The minimum atomic E-state index is -5.81. The molecular weight excluding hydrogens is 509 g/mol. The number of pyridine rings is 2. The van der Waals surface area contributed by atoms with E-state index in [0.29, 0.717) is 12.6 Å². The van der Waals surface area contributed by atoms with Gasteiger partial charge in [-0.2, -0.15) is 22.0 Å². The first-order valence-corrected chi connectivity index (χ1v) is 11.9. The number of rotatable bonds is 9. The minimum Gasteiger partial charge on any atom is -0.491 e. The molecule has 38 heavy (non-hydrogen) atoms. The number of nitrogens with zero attached hydrogens (tertiary/aromatic N) is 3. The summed E-state index contributed by atoms with van der Waals surface area (Å²) in [5.74, 6) is -6.15. The molecule has 12 heteroatoms. The predicted octanol–water partition coefficient (Wildman–Crippen LogP) is 5.47. The second-order valence-corrected chi connectivity index (χ2v) is 8.93. The first-order chi connectivity index (χ1) is 18.1. The molecule has 1 atom stereocenters. The van der Waals surface area contributed by atoms with Crippen molar-refractivity contribution in [3.05, 3.63) is 77.7 Å². The van der Waals surface area contributed by atoms with Gasteiger partial charge in [-0.15, -0.1) is 0 Å². The van der Waals surface area contributed by atoms with Gasteiger partial charge in [0.1, 0.15) is 18.2 Å². The standard InChI is InChI=1S/C26H26F5N5O2/c1-36-13-3-4-19(36)16-38-22-14-18(6-7-21(22)25(27,28)26(29,30)31)35-24(37)20-5-2-10-33-23(20)34-15-17-8-11-32-12-9-17/h2,5-12,14,19H,3-4,13,15-16H2,1H3,(H,33,34)(H,35,37). The van der Waals surface area contributed by atoms with Crippen molar-refractivity contribution in [1.82, 2.24) is 14.9 Å².